The van der Waals surface area contributed by atoms with Crippen LogP contribution >= 0.6 is 11.3 Å². The van der Waals surface area contributed by atoms with Gasteiger partial charge in [0.2, 0.25) is 15.9 Å². The molecule has 3 aliphatic heterocycles. The summed E-state index contributed by atoms with van der Waals surface area (Å²) >= 11 is 1.28. The summed E-state index contributed by atoms with van der Waals surface area (Å²) in [6, 6.07) is 13.3. The summed E-state index contributed by atoms with van der Waals surface area (Å²) in [7, 11) is -2.20. The smallest absolute Gasteiger partial charge is 0.407 e. The number of likely N-dealkylation sites (N-methyl/N-ethyl adjacent to an activating group) is 1. The van der Waals surface area contributed by atoms with E-state index in [1.165, 1.54) is 21.7 Å². The van der Waals surface area contributed by atoms with Gasteiger partial charge in [0.05, 0.1) is 52.9 Å². The second kappa shape index (κ2) is 14.7. The third-order valence-electron chi connectivity index (χ3n) is 8.90. The Kier molecular flexibility index (Phi) is 10.7. The number of rotatable bonds is 12. The van der Waals surface area contributed by atoms with Crippen molar-refractivity contribution in [2.24, 2.45) is 11.8 Å². The molecule has 0 saturated carbocycles. The lowest BCUT2D eigenvalue weighted by atomic mass is 10.0. The topological polar surface area (TPSA) is 151 Å². The minimum absolute atomic E-state index is 0.0473. The van der Waals surface area contributed by atoms with E-state index in [0.717, 1.165) is 18.5 Å². The summed E-state index contributed by atoms with van der Waals surface area (Å²) in [5.74, 6) is -0.152. The lowest BCUT2D eigenvalue weighted by molar-refractivity contribution is -0.120. The number of sulfonamides is 1. The quantitative estimate of drug-likeness (QED) is 0.289. The number of hydrogen-bond acceptors (Lipinski definition) is 11. The van der Waals surface area contributed by atoms with E-state index in [2.05, 4.69) is 10.3 Å². The molecule has 3 saturated heterocycles. The molecular weight excluding hydrogens is 659 g/mol. The Labute approximate surface area is 284 Å². The van der Waals surface area contributed by atoms with E-state index in [0.29, 0.717) is 35.0 Å². The van der Waals surface area contributed by atoms with E-state index >= 15 is 0 Å². The monoisotopic (exact) mass is 701 g/mol. The first kappa shape index (κ1) is 34.7. The van der Waals surface area contributed by atoms with Crippen LogP contribution in [0.1, 0.15) is 25.8 Å². The Morgan fingerprint density at radius 2 is 1.96 bits per heavy atom. The number of ether oxygens (including phenoxy) is 3. The number of fused-ring (bicyclic) bond motifs is 2. The van der Waals surface area contributed by atoms with Crippen molar-refractivity contribution < 1.29 is 37.3 Å². The van der Waals surface area contributed by atoms with Gasteiger partial charge in [0, 0.05) is 26.2 Å². The van der Waals surface area contributed by atoms with Gasteiger partial charge in [0.1, 0.15) is 6.10 Å². The molecule has 13 nitrogen and oxygen atoms in total. The molecule has 2 amide bonds. The maximum Gasteiger partial charge on any atom is 0.407 e. The molecule has 5 atom stereocenters. The number of alkyl carbamates (subject to hydrolysis) is 1. The second-order valence-electron chi connectivity index (χ2n) is 13.1. The lowest BCUT2D eigenvalue weighted by Crippen LogP contribution is -2.51. The fourth-order valence-corrected chi connectivity index (χ4v) is 9.12. The molecular formula is C33H43N5O8S2. The van der Waals surface area contributed by atoms with Crippen molar-refractivity contribution in [3.8, 4) is 0 Å². The van der Waals surface area contributed by atoms with Crippen LogP contribution in [0.15, 0.2) is 53.4 Å². The van der Waals surface area contributed by atoms with Gasteiger partial charge in [-0.1, -0.05) is 55.5 Å². The van der Waals surface area contributed by atoms with Gasteiger partial charge < -0.3 is 24.6 Å². The van der Waals surface area contributed by atoms with E-state index in [4.69, 9.17) is 14.2 Å². The number of thiazole rings is 1. The summed E-state index contributed by atoms with van der Waals surface area (Å²) in [5, 5.41) is 15.0. The highest BCUT2D eigenvalue weighted by atomic mass is 32.2. The highest BCUT2D eigenvalue weighted by Crippen LogP contribution is 2.34. The molecule has 0 aliphatic carbocycles. The van der Waals surface area contributed by atoms with Crippen LogP contribution < -0.4 is 10.2 Å². The molecule has 48 heavy (non-hydrogen) atoms. The van der Waals surface area contributed by atoms with Gasteiger partial charge in [0.15, 0.2) is 11.4 Å². The molecule has 2 N–H and O–H groups in total. The minimum atomic E-state index is -4.09. The number of aliphatic hydroxyl groups excluding tert-OH is 1. The summed E-state index contributed by atoms with van der Waals surface area (Å²) in [6.45, 7) is 5.99. The van der Waals surface area contributed by atoms with Crippen LogP contribution in [0.5, 0.6) is 0 Å². The largest absolute Gasteiger partial charge is 0.443 e. The van der Waals surface area contributed by atoms with Crippen molar-refractivity contribution >= 4 is 48.7 Å². The Hall–Kier alpha value is -3.18. The molecule has 0 unspecified atom stereocenters. The maximum atomic E-state index is 14.2. The number of aromatic nitrogens is 1. The zero-order valence-electron chi connectivity index (χ0n) is 27.4. The minimum Gasteiger partial charge on any atom is -0.443 e. The third kappa shape index (κ3) is 7.83. The average Bonchev–Trinajstić information content (AvgIpc) is 3.78. The fraction of sp³-hybridized carbons (Fsp3) is 0.545. The van der Waals surface area contributed by atoms with E-state index in [9.17, 15) is 23.1 Å². The van der Waals surface area contributed by atoms with E-state index in [1.807, 2.05) is 56.1 Å². The molecule has 2 aromatic carbocycles. The van der Waals surface area contributed by atoms with Crippen LogP contribution in [0.2, 0.25) is 0 Å². The first-order chi connectivity index (χ1) is 23.0. The Bertz CT molecular complexity index is 1700. The lowest BCUT2D eigenvalue weighted by Gasteiger charge is -2.31. The molecule has 3 aliphatic rings. The van der Waals surface area contributed by atoms with Crippen LogP contribution in [0.25, 0.3) is 10.2 Å². The van der Waals surface area contributed by atoms with Crippen molar-refractivity contribution in [1.29, 1.82) is 0 Å². The van der Waals surface area contributed by atoms with Crippen LogP contribution in [0.3, 0.4) is 0 Å². The first-order valence-electron chi connectivity index (χ1n) is 16.3. The molecule has 0 radical (unpaired) electrons. The van der Waals surface area contributed by atoms with Crippen molar-refractivity contribution in [1.82, 2.24) is 19.5 Å². The van der Waals surface area contributed by atoms with Crippen LogP contribution in [0, 0.1) is 11.8 Å². The van der Waals surface area contributed by atoms with Gasteiger partial charge in [-0.2, -0.15) is 4.31 Å². The molecule has 0 spiro atoms. The maximum absolute atomic E-state index is 14.2. The Morgan fingerprint density at radius 1 is 1.17 bits per heavy atom. The van der Waals surface area contributed by atoms with Crippen LogP contribution in [0.4, 0.5) is 9.93 Å². The molecule has 6 rings (SSSR count). The summed E-state index contributed by atoms with van der Waals surface area (Å²) in [4.78, 5) is 34.1. The van der Waals surface area contributed by atoms with Gasteiger partial charge in [-0.3, -0.25) is 14.6 Å². The van der Waals surface area contributed by atoms with Gasteiger partial charge in [-0.15, -0.1) is 0 Å². The van der Waals surface area contributed by atoms with E-state index in [1.54, 1.807) is 17.0 Å². The number of amides is 2. The number of piperazine rings is 1. The number of nitrogens with zero attached hydrogens (tertiary/aromatic N) is 4. The number of carbonyl (C=O) groups excluding carboxylic acids is 2. The number of anilines is 1. The zero-order valence-corrected chi connectivity index (χ0v) is 29.0. The Balaban J connectivity index is 1.21. The zero-order chi connectivity index (χ0) is 34.0. The van der Waals surface area contributed by atoms with Crippen molar-refractivity contribution in [2.45, 2.75) is 56.1 Å². The number of hydrogen-bond donors (Lipinski definition) is 2. The Morgan fingerprint density at radius 3 is 2.71 bits per heavy atom. The molecule has 3 aromatic rings. The van der Waals surface area contributed by atoms with Gasteiger partial charge in [0.25, 0.3) is 0 Å². The van der Waals surface area contributed by atoms with Crippen LogP contribution in [-0.2, 0) is 35.4 Å². The van der Waals surface area contributed by atoms with Crippen LogP contribution in [-0.4, -0.2) is 117 Å². The third-order valence-corrected chi connectivity index (χ3v) is 11.8. The molecule has 4 heterocycles. The van der Waals surface area contributed by atoms with Crippen molar-refractivity contribution in [3.05, 3.63) is 54.1 Å². The average molecular weight is 702 g/mol. The summed E-state index contributed by atoms with van der Waals surface area (Å²) in [6.07, 6.45) is -1.85. The number of benzene rings is 2. The van der Waals surface area contributed by atoms with Gasteiger partial charge in [-0.05, 0) is 49.6 Å². The molecule has 260 valence electrons. The van der Waals surface area contributed by atoms with E-state index < -0.39 is 34.4 Å². The second-order valence-corrected chi connectivity index (χ2v) is 16.0. The highest BCUT2D eigenvalue weighted by Gasteiger charge is 2.44. The molecule has 15 heteroatoms. The van der Waals surface area contributed by atoms with E-state index in [-0.39, 0.29) is 55.0 Å². The normalized spacial score (nSPS) is 23.2. The SMILES string of the molecule is CC(C)CN(C[C@@H](O)[C@H](Cc1ccccc1)NC(=O)O[C@H]1CO[C@H]2OCC[C@H]21)S(=O)(=O)c1ccc2nc(N3CCN(C)CC3=O)sc2c1. The van der Waals surface area contributed by atoms with Gasteiger partial charge in [-0.25, -0.2) is 18.2 Å². The predicted octanol–water partition coefficient (Wildman–Crippen LogP) is 2.68. The molecule has 0 bridgehead atoms. The van der Waals surface area contributed by atoms with Gasteiger partial charge >= 0.3 is 6.09 Å². The number of aliphatic hydroxyl groups is 1. The first-order valence-corrected chi connectivity index (χ1v) is 18.6. The number of nitrogens with one attached hydrogen (secondary N) is 1. The summed E-state index contributed by atoms with van der Waals surface area (Å²) < 4.78 is 47.1. The van der Waals surface area contributed by atoms with Crippen molar-refractivity contribution in [3.63, 3.8) is 0 Å². The standard InChI is InChI=1S/C33H43N5O8S2/c1-21(2)17-37(48(42,43)23-9-10-25-29(16-23)47-32(34-25)38-13-12-36(3)19-30(38)40)18-27(39)26(15-22-7-5-4-6-8-22)35-33(41)46-28-20-45-31-24(28)11-14-44-31/h4-10,16,21,24,26-28,31,39H,11-15,17-20H2,1-3H3,(H,35,41)/t24-,26-,27+,28-,31+/m0/s1. The summed E-state index contributed by atoms with van der Waals surface area (Å²) in [5.41, 5.74) is 1.46. The fourth-order valence-electron chi connectivity index (χ4n) is 6.35. The van der Waals surface area contributed by atoms with Crippen molar-refractivity contribution in [2.75, 3.05) is 57.9 Å². The highest BCUT2D eigenvalue weighted by molar-refractivity contribution is 7.89. The number of carbonyl (C=O) groups is 2. The predicted molar refractivity (Wildman–Crippen MR) is 180 cm³/mol. The molecule has 1 aromatic heterocycles. The molecule has 3 fully saturated rings.